The molecule has 0 radical (unpaired) electrons. The second-order valence-corrected chi connectivity index (χ2v) is 6.74. The molecular formula is C17H13Cl2FN2O. The van der Waals surface area contributed by atoms with Gasteiger partial charge in [0.2, 0.25) is 5.89 Å². The minimum Gasteiger partial charge on any atom is -0.440 e. The van der Waals surface area contributed by atoms with Gasteiger partial charge in [-0.1, -0.05) is 29.6 Å². The van der Waals surface area contributed by atoms with E-state index in [-0.39, 0.29) is 5.82 Å². The minimum absolute atomic E-state index is 0.355. The summed E-state index contributed by atoms with van der Waals surface area (Å²) < 4.78 is 19.2. The summed E-state index contributed by atoms with van der Waals surface area (Å²) in [7, 11) is 0. The van der Waals surface area contributed by atoms with Gasteiger partial charge in [-0.3, -0.25) is 0 Å². The van der Waals surface area contributed by atoms with Crippen molar-refractivity contribution in [3.8, 4) is 0 Å². The highest BCUT2D eigenvalue weighted by molar-refractivity contribution is 6.36. The van der Waals surface area contributed by atoms with Crippen LogP contribution in [-0.4, -0.2) is 4.98 Å². The molecule has 1 aliphatic rings. The van der Waals surface area contributed by atoms with Gasteiger partial charge in [-0.05, 0) is 37.1 Å². The molecule has 6 heteroatoms. The molecule has 2 aromatic carbocycles. The van der Waals surface area contributed by atoms with E-state index in [0.29, 0.717) is 32.7 Å². The molecule has 1 fully saturated rings. The summed E-state index contributed by atoms with van der Waals surface area (Å²) in [4.78, 5) is 4.55. The molecule has 0 amide bonds. The molecule has 1 aromatic heterocycles. The fraction of sp³-hybridized carbons (Fsp3) is 0.235. The second-order valence-electron chi connectivity index (χ2n) is 5.93. The first-order valence-electron chi connectivity index (χ1n) is 7.31. The van der Waals surface area contributed by atoms with Gasteiger partial charge in [0, 0.05) is 27.4 Å². The van der Waals surface area contributed by atoms with E-state index in [1.165, 1.54) is 12.1 Å². The maximum absolute atomic E-state index is 13.4. The average Bonchev–Trinajstić information content (AvgIpc) is 2.83. The summed E-state index contributed by atoms with van der Waals surface area (Å²) in [5.74, 6) is 0.171. The normalized spacial score (nSPS) is 16.5. The van der Waals surface area contributed by atoms with Gasteiger partial charge in [0.25, 0.3) is 0 Å². The van der Waals surface area contributed by atoms with Crippen molar-refractivity contribution >= 4 is 40.0 Å². The molecule has 4 rings (SSSR count). The standard InChI is InChI=1S/C17H13Cl2FN2O/c18-11-7-10(21)8-12(19)15(11)17(4-1-5-17)16-22-13-3-2-9(20)6-14(13)23-16/h2-3,6-8H,1,4-5,21H2. The van der Waals surface area contributed by atoms with Gasteiger partial charge < -0.3 is 10.2 Å². The van der Waals surface area contributed by atoms with Crippen LogP contribution in [0.2, 0.25) is 10.0 Å². The van der Waals surface area contributed by atoms with E-state index in [0.717, 1.165) is 24.8 Å². The van der Waals surface area contributed by atoms with Crippen LogP contribution in [0, 0.1) is 5.82 Å². The van der Waals surface area contributed by atoms with E-state index in [2.05, 4.69) is 4.98 Å². The molecule has 3 aromatic rings. The van der Waals surface area contributed by atoms with Gasteiger partial charge in [-0.15, -0.1) is 0 Å². The number of nitrogens with zero attached hydrogens (tertiary/aromatic N) is 1. The third kappa shape index (κ3) is 2.20. The fourth-order valence-corrected chi connectivity index (χ4v) is 4.12. The van der Waals surface area contributed by atoms with Gasteiger partial charge >= 0.3 is 0 Å². The number of nitrogens with two attached hydrogens (primary N) is 1. The average molecular weight is 351 g/mol. The quantitative estimate of drug-likeness (QED) is 0.635. The number of fused-ring (bicyclic) bond motifs is 1. The minimum atomic E-state index is -0.475. The zero-order chi connectivity index (χ0) is 16.2. The van der Waals surface area contributed by atoms with Crippen LogP contribution in [0.1, 0.15) is 30.7 Å². The Morgan fingerprint density at radius 3 is 2.43 bits per heavy atom. The lowest BCUT2D eigenvalue weighted by atomic mass is 9.64. The van der Waals surface area contributed by atoms with E-state index in [9.17, 15) is 4.39 Å². The lowest BCUT2D eigenvalue weighted by molar-refractivity contribution is 0.244. The van der Waals surface area contributed by atoms with Crippen molar-refractivity contribution in [2.75, 3.05) is 5.73 Å². The Balaban J connectivity index is 1.93. The smallest absolute Gasteiger partial charge is 0.206 e. The van der Waals surface area contributed by atoms with Crippen molar-refractivity contribution in [3.63, 3.8) is 0 Å². The molecule has 0 atom stereocenters. The summed E-state index contributed by atoms with van der Waals surface area (Å²) in [5.41, 5.74) is 7.67. The van der Waals surface area contributed by atoms with Crippen molar-refractivity contribution in [1.82, 2.24) is 4.98 Å². The van der Waals surface area contributed by atoms with E-state index < -0.39 is 5.41 Å². The summed E-state index contributed by atoms with van der Waals surface area (Å²) in [6, 6.07) is 7.68. The fourth-order valence-electron chi connectivity index (χ4n) is 3.25. The molecule has 2 N–H and O–H groups in total. The third-order valence-electron chi connectivity index (χ3n) is 4.51. The molecule has 0 aliphatic heterocycles. The van der Waals surface area contributed by atoms with Gasteiger partial charge in [-0.25, -0.2) is 9.37 Å². The van der Waals surface area contributed by atoms with Crippen LogP contribution < -0.4 is 5.73 Å². The molecule has 118 valence electrons. The van der Waals surface area contributed by atoms with E-state index in [1.54, 1.807) is 18.2 Å². The first-order chi connectivity index (χ1) is 11.0. The molecule has 0 spiro atoms. The highest BCUT2D eigenvalue weighted by Gasteiger charge is 2.47. The van der Waals surface area contributed by atoms with Crippen LogP contribution >= 0.6 is 23.2 Å². The maximum atomic E-state index is 13.4. The third-order valence-corrected chi connectivity index (χ3v) is 5.11. The molecule has 23 heavy (non-hydrogen) atoms. The Hall–Kier alpha value is -1.78. The maximum Gasteiger partial charge on any atom is 0.206 e. The molecule has 0 bridgehead atoms. The summed E-state index contributed by atoms with van der Waals surface area (Å²) >= 11 is 12.8. The van der Waals surface area contributed by atoms with Gasteiger partial charge in [-0.2, -0.15) is 0 Å². The van der Waals surface area contributed by atoms with Crippen LogP contribution in [0.15, 0.2) is 34.7 Å². The predicted octanol–water partition coefficient (Wildman–Crippen LogP) is 5.33. The number of rotatable bonds is 2. The SMILES string of the molecule is Nc1cc(Cl)c(C2(c3nc4ccc(F)cc4o3)CCC2)c(Cl)c1. The molecule has 3 nitrogen and oxygen atoms in total. The van der Waals surface area contributed by atoms with Gasteiger partial charge in [0.05, 0.1) is 5.41 Å². The summed E-state index contributed by atoms with van der Waals surface area (Å²) in [6.07, 6.45) is 2.67. The van der Waals surface area contributed by atoms with E-state index >= 15 is 0 Å². The number of anilines is 1. The number of benzene rings is 2. The highest BCUT2D eigenvalue weighted by Crippen LogP contribution is 2.53. The van der Waals surface area contributed by atoms with Crippen LogP contribution in [0.4, 0.5) is 10.1 Å². The summed E-state index contributed by atoms with van der Waals surface area (Å²) in [5, 5.41) is 1.01. The van der Waals surface area contributed by atoms with Crippen molar-refractivity contribution in [2.45, 2.75) is 24.7 Å². The first kappa shape index (κ1) is 14.8. The van der Waals surface area contributed by atoms with Crippen LogP contribution in [0.3, 0.4) is 0 Å². The number of aromatic nitrogens is 1. The molecule has 1 heterocycles. The van der Waals surface area contributed by atoms with Gasteiger partial charge in [0.15, 0.2) is 5.58 Å². The van der Waals surface area contributed by atoms with E-state index in [1.807, 2.05) is 0 Å². The lowest BCUT2D eigenvalue weighted by Gasteiger charge is -2.40. The molecule has 0 saturated heterocycles. The predicted molar refractivity (Wildman–Crippen MR) is 89.5 cm³/mol. The Bertz CT molecular complexity index is 895. The first-order valence-corrected chi connectivity index (χ1v) is 8.07. The molecular weight excluding hydrogens is 338 g/mol. The van der Waals surface area contributed by atoms with E-state index in [4.69, 9.17) is 33.4 Å². The zero-order valence-electron chi connectivity index (χ0n) is 12.1. The van der Waals surface area contributed by atoms with Gasteiger partial charge in [0.1, 0.15) is 11.3 Å². The molecule has 1 saturated carbocycles. The van der Waals surface area contributed by atoms with Crippen molar-refractivity contribution < 1.29 is 8.81 Å². The van der Waals surface area contributed by atoms with Crippen molar-refractivity contribution in [3.05, 3.63) is 57.6 Å². The Kier molecular flexibility index (Phi) is 3.29. The topological polar surface area (TPSA) is 52.0 Å². The second kappa shape index (κ2) is 5.11. The van der Waals surface area contributed by atoms with Crippen LogP contribution in [-0.2, 0) is 5.41 Å². The molecule has 0 unspecified atom stereocenters. The van der Waals surface area contributed by atoms with Crippen LogP contribution in [0.5, 0.6) is 0 Å². The number of oxazole rings is 1. The number of halogens is 3. The summed E-state index contributed by atoms with van der Waals surface area (Å²) in [6.45, 7) is 0. The van der Waals surface area contributed by atoms with Crippen molar-refractivity contribution in [2.24, 2.45) is 0 Å². The Labute approximate surface area is 142 Å². The molecule has 1 aliphatic carbocycles. The number of hydrogen-bond acceptors (Lipinski definition) is 3. The number of hydrogen-bond donors (Lipinski definition) is 1. The highest BCUT2D eigenvalue weighted by atomic mass is 35.5. The largest absolute Gasteiger partial charge is 0.440 e. The Morgan fingerprint density at radius 2 is 1.83 bits per heavy atom. The number of nitrogen functional groups attached to an aromatic ring is 1. The lowest BCUT2D eigenvalue weighted by Crippen LogP contribution is -2.36. The van der Waals surface area contributed by atoms with Crippen molar-refractivity contribution in [1.29, 1.82) is 0 Å². The zero-order valence-corrected chi connectivity index (χ0v) is 13.6. The monoisotopic (exact) mass is 350 g/mol. The Morgan fingerprint density at radius 1 is 1.13 bits per heavy atom. The van der Waals surface area contributed by atoms with Crippen LogP contribution in [0.25, 0.3) is 11.1 Å².